The van der Waals surface area contributed by atoms with Crippen LogP contribution in [-0.4, -0.2) is 37.3 Å². The molecule has 0 aliphatic carbocycles. The van der Waals surface area contributed by atoms with Crippen molar-refractivity contribution in [3.8, 4) is 0 Å². The van der Waals surface area contributed by atoms with Gasteiger partial charge in [0.2, 0.25) is 0 Å². The van der Waals surface area contributed by atoms with Crippen LogP contribution >= 0.6 is 0 Å². The molecule has 0 bridgehead atoms. The molecule has 150 valence electrons. The second kappa shape index (κ2) is 18.2. The van der Waals surface area contributed by atoms with Crippen molar-refractivity contribution in [1.29, 1.82) is 0 Å². The third-order valence-electron chi connectivity index (χ3n) is 4.92. The normalized spacial score (nSPS) is 13.7. The lowest BCUT2D eigenvalue weighted by Gasteiger charge is -2.18. The van der Waals surface area contributed by atoms with E-state index in [0.717, 1.165) is 17.7 Å². The van der Waals surface area contributed by atoms with Crippen molar-refractivity contribution in [2.24, 2.45) is 0 Å². The maximum absolute atomic E-state index is 10.5. The van der Waals surface area contributed by atoms with Gasteiger partial charge >= 0.3 is 0 Å². The van der Waals surface area contributed by atoms with Crippen molar-refractivity contribution in [1.82, 2.24) is 0 Å². The minimum absolute atomic E-state index is 0.0319. The van der Waals surface area contributed by atoms with Gasteiger partial charge in [-0.15, -0.1) is 0 Å². The summed E-state index contributed by atoms with van der Waals surface area (Å²) in [6, 6.07) is 0. The van der Waals surface area contributed by atoms with Crippen LogP contribution in [0.4, 0.5) is 0 Å². The van der Waals surface area contributed by atoms with Crippen LogP contribution in [0.3, 0.4) is 0 Å². The zero-order valence-corrected chi connectivity index (χ0v) is 16.9. The van der Waals surface area contributed by atoms with E-state index in [1.165, 1.54) is 83.5 Å². The molecule has 0 saturated carbocycles. The van der Waals surface area contributed by atoms with E-state index in [-0.39, 0.29) is 6.54 Å². The number of likely N-dealkylation sites (N-methyl/N-ethyl adjacent to an activating group) is 1. The van der Waals surface area contributed by atoms with E-state index in [9.17, 15) is 15.0 Å². The lowest BCUT2D eigenvalue weighted by molar-refractivity contribution is -0.877. The molecule has 2 atom stereocenters. The van der Waals surface area contributed by atoms with Gasteiger partial charge in [-0.1, -0.05) is 96.8 Å². The van der Waals surface area contributed by atoms with Crippen LogP contribution in [0.2, 0.25) is 0 Å². The molecule has 0 saturated heterocycles. The molecule has 0 heterocycles. The smallest absolute Gasteiger partial charge is 0.117 e. The van der Waals surface area contributed by atoms with Crippen molar-refractivity contribution in [3.63, 3.8) is 0 Å². The highest BCUT2D eigenvalue weighted by atomic mass is 16.4. The number of unbranched alkanes of at least 4 members (excludes halogenated alkanes) is 13. The highest BCUT2D eigenvalue weighted by Crippen LogP contribution is 2.13. The largest absolute Gasteiger partial charge is 0.544 e. The molecular formula is C21H43NO3. The average molecular weight is 358 g/mol. The molecule has 0 radical (unpaired) electrons. The molecule has 2 N–H and O–H groups in total. The van der Waals surface area contributed by atoms with Crippen LogP contribution in [-0.2, 0) is 4.79 Å². The molecule has 25 heavy (non-hydrogen) atoms. The fraction of sp³-hybridized carbons (Fsp3) is 0.952. The Morgan fingerprint density at radius 2 is 1.24 bits per heavy atom. The minimum Gasteiger partial charge on any atom is -0.544 e. The summed E-state index contributed by atoms with van der Waals surface area (Å²) in [6.45, 7) is 2.73. The summed E-state index contributed by atoms with van der Waals surface area (Å²) in [7, 11) is 1.78. The maximum Gasteiger partial charge on any atom is 0.117 e. The Morgan fingerprint density at radius 3 is 1.64 bits per heavy atom. The SMILES string of the molecule is CCCCCCCCCCCCCCCCC(O)C[NH+](C)CC(=O)[O-]. The van der Waals surface area contributed by atoms with Gasteiger partial charge in [-0.25, -0.2) is 0 Å². The quantitative estimate of drug-likeness (QED) is 0.349. The number of rotatable bonds is 19. The number of nitrogens with one attached hydrogen (secondary N) is 1. The van der Waals surface area contributed by atoms with Gasteiger partial charge in [-0.05, 0) is 6.42 Å². The van der Waals surface area contributed by atoms with Gasteiger partial charge < -0.3 is 19.9 Å². The predicted octanol–water partition coefficient (Wildman–Crippen LogP) is 2.48. The molecular weight excluding hydrogens is 314 g/mol. The van der Waals surface area contributed by atoms with Crippen LogP contribution in [0, 0.1) is 0 Å². The number of aliphatic hydroxyl groups is 1. The summed E-state index contributed by atoms with van der Waals surface area (Å²) in [5.41, 5.74) is 0. The number of aliphatic carboxylic acids is 1. The summed E-state index contributed by atoms with van der Waals surface area (Å²) in [4.78, 5) is 11.3. The van der Waals surface area contributed by atoms with Gasteiger partial charge in [0, 0.05) is 0 Å². The Hall–Kier alpha value is -0.610. The first-order valence-corrected chi connectivity index (χ1v) is 10.8. The highest BCUT2D eigenvalue weighted by Gasteiger charge is 2.10. The minimum atomic E-state index is -1.05. The number of carboxylic acid groups (broad SMARTS) is 1. The van der Waals surface area contributed by atoms with Crippen LogP contribution in [0.1, 0.15) is 103 Å². The van der Waals surface area contributed by atoms with Crippen LogP contribution in [0.25, 0.3) is 0 Å². The first-order chi connectivity index (χ1) is 12.1. The second-order valence-corrected chi connectivity index (χ2v) is 7.75. The molecule has 0 aromatic heterocycles. The number of carbonyl (C=O) groups is 1. The number of aliphatic hydroxyl groups excluding tert-OH is 1. The van der Waals surface area contributed by atoms with E-state index in [2.05, 4.69) is 6.92 Å². The lowest BCUT2D eigenvalue weighted by Crippen LogP contribution is -3.11. The summed E-state index contributed by atoms with van der Waals surface area (Å²) < 4.78 is 0. The van der Waals surface area contributed by atoms with Gasteiger partial charge in [0.1, 0.15) is 19.2 Å². The predicted molar refractivity (Wildman–Crippen MR) is 103 cm³/mol. The van der Waals surface area contributed by atoms with Gasteiger partial charge in [-0.2, -0.15) is 0 Å². The fourth-order valence-electron chi connectivity index (χ4n) is 3.40. The molecule has 0 aliphatic rings. The number of carbonyl (C=O) groups excluding carboxylic acids is 1. The van der Waals surface area contributed by atoms with E-state index < -0.39 is 12.1 Å². The molecule has 0 aromatic carbocycles. The first kappa shape index (κ1) is 24.4. The van der Waals surface area contributed by atoms with Gasteiger partial charge in [0.25, 0.3) is 0 Å². The van der Waals surface area contributed by atoms with E-state index >= 15 is 0 Å². The second-order valence-electron chi connectivity index (χ2n) is 7.75. The summed E-state index contributed by atoms with van der Waals surface area (Å²) >= 11 is 0. The fourth-order valence-corrected chi connectivity index (χ4v) is 3.40. The molecule has 0 aliphatic heterocycles. The van der Waals surface area contributed by atoms with Crippen molar-refractivity contribution < 1.29 is 19.9 Å². The summed E-state index contributed by atoms with van der Waals surface area (Å²) in [5.74, 6) is -1.05. The molecule has 0 rings (SSSR count). The van der Waals surface area contributed by atoms with Crippen LogP contribution in [0.5, 0.6) is 0 Å². The Kier molecular flexibility index (Phi) is 17.7. The molecule has 4 nitrogen and oxygen atoms in total. The Balaban J connectivity index is 3.21. The summed E-state index contributed by atoms with van der Waals surface area (Å²) in [6.07, 6.45) is 19.1. The monoisotopic (exact) mass is 357 g/mol. The van der Waals surface area contributed by atoms with Crippen LogP contribution < -0.4 is 10.0 Å². The van der Waals surface area contributed by atoms with Crippen LogP contribution in [0.15, 0.2) is 0 Å². The third-order valence-corrected chi connectivity index (χ3v) is 4.92. The highest BCUT2D eigenvalue weighted by molar-refractivity contribution is 5.65. The lowest BCUT2D eigenvalue weighted by atomic mass is 10.0. The number of hydrogen-bond donors (Lipinski definition) is 2. The topological polar surface area (TPSA) is 64.8 Å². The molecule has 0 fully saturated rings. The summed E-state index contributed by atoms with van der Waals surface area (Å²) in [5, 5.41) is 20.4. The van der Waals surface area contributed by atoms with Crippen molar-refractivity contribution >= 4 is 5.97 Å². The number of hydrogen-bond acceptors (Lipinski definition) is 3. The van der Waals surface area contributed by atoms with E-state index in [4.69, 9.17) is 0 Å². The molecule has 4 heteroatoms. The molecule has 2 unspecified atom stereocenters. The molecule has 0 aromatic rings. The third kappa shape index (κ3) is 19.6. The zero-order valence-electron chi connectivity index (χ0n) is 16.9. The van der Waals surface area contributed by atoms with E-state index in [1.54, 1.807) is 7.05 Å². The maximum atomic E-state index is 10.5. The Bertz CT molecular complexity index is 297. The average Bonchev–Trinajstić information content (AvgIpc) is 2.54. The Labute approximate surface area is 156 Å². The van der Waals surface area contributed by atoms with Crippen molar-refractivity contribution in [2.45, 2.75) is 109 Å². The van der Waals surface area contributed by atoms with Gasteiger partial charge in [0.05, 0.1) is 13.0 Å². The molecule has 0 amide bonds. The number of carboxylic acids is 1. The number of quaternary nitrogens is 1. The zero-order chi connectivity index (χ0) is 18.8. The first-order valence-electron chi connectivity index (χ1n) is 10.8. The van der Waals surface area contributed by atoms with E-state index in [0.29, 0.717) is 6.54 Å². The van der Waals surface area contributed by atoms with Gasteiger partial charge in [-0.3, -0.25) is 0 Å². The van der Waals surface area contributed by atoms with Crippen molar-refractivity contribution in [2.75, 3.05) is 20.1 Å². The van der Waals surface area contributed by atoms with E-state index in [1.807, 2.05) is 0 Å². The standard InChI is InChI=1S/C21H43NO3/c1-3-4-5-6-7-8-9-10-11-12-13-14-15-16-17-20(23)18-22(2)19-21(24)25/h20,23H,3-19H2,1-2H3,(H,24,25). The molecule has 0 spiro atoms. The van der Waals surface area contributed by atoms with Gasteiger partial charge in [0.15, 0.2) is 0 Å². The Morgan fingerprint density at radius 1 is 0.840 bits per heavy atom. The van der Waals surface area contributed by atoms with Crippen molar-refractivity contribution in [3.05, 3.63) is 0 Å².